The molecule has 0 atom stereocenters. The smallest absolute Gasteiger partial charge is 0.220 e. The van der Waals surface area contributed by atoms with Gasteiger partial charge in [-0.1, -0.05) is 13.8 Å². The minimum Gasteiger partial charge on any atom is -0.356 e. The maximum atomic E-state index is 11.4. The van der Waals surface area contributed by atoms with Crippen molar-refractivity contribution in [3.8, 4) is 0 Å². The average molecular weight is 253 g/mol. The van der Waals surface area contributed by atoms with E-state index in [9.17, 15) is 9.59 Å². The van der Waals surface area contributed by atoms with Crippen molar-refractivity contribution < 1.29 is 9.59 Å². The molecular weight excluding hydrogens is 234 g/mol. The zero-order valence-corrected chi connectivity index (χ0v) is 11.4. The van der Waals surface area contributed by atoms with Crippen LogP contribution in [0.1, 0.15) is 41.7 Å². The molecule has 0 aliphatic heterocycles. The zero-order chi connectivity index (χ0) is 12.8. The Bertz CT molecular complexity index is 396. The maximum Gasteiger partial charge on any atom is 0.220 e. The molecule has 0 bridgehead atoms. The summed E-state index contributed by atoms with van der Waals surface area (Å²) in [5, 5.41) is 2.88. The standard InChI is InChI=1S/C13H19NO2S/c1-9(2)8-13(16)14-7-6-11-4-5-12(17-11)10(3)15/h4-5,9H,6-8H2,1-3H3,(H,14,16). The van der Waals surface area contributed by atoms with Crippen molar-refractivity contribution in [3.05, 3.63) is 21.9 Å². The van der Waals surface area contributed by atoms with Crippen LogP contribution in [-0.4, -0.2) is 18.2 Å². The van der Waals surface area contributed by atoms with Gasteiger partial charge >= 0.3 is 0 Å². The summed E-state index contributed by atoms with van der Waals surface area (Å²) >= 11 is 1.51. The molecule has 0 fully saturated rings. The normalized spacial score (nSPS) is 10.6. The first-order valence-electron chi connectivity index (χ1n) is 5.85. The number of carbonyl (C=O) groups excluding carboxylic acids is 2. The average Bonchev–Trinajstić information content (AvgIpc) is 2.65. The van der Waals surface area contributed by atoms with Gasteiger partial charge in [-0.25, -0.2) is 0 Å². The van der Waals surface area contributed by atoms with Crippen LogP contribution in [0, 0.1) is 5.92 Å². The Morgan fingerprint density at radius 1 is 1.35 bits per heavy atom. The molecule has 1 rings (SSSR count). The van der Waals surface area contributed by atoms with E-state index in [2.05, 4.69) is 5.32 Å². The Labute approximate surface area is 106 Å². The lowest BCUT2D eigenvalue weighted by Gasteiger charge is -2.05. The van der Waals surface area contributed by atoms with E-state index < -0.39 is 0 Å². The summed E-state index contributed by atoms with van der Waals surface area (Å²) in [5.74, 6) is 0.592. The third kappa shape index (κ3) is 5.13. The number of nitrogens with one attached hydrogen (secondary N) is 1. The second-order valence-electron chi connectivity index (χ2n) is 4.52. The van der Waals surface area contributed by atoms with Crippen LogP contribution in [0.3, 0.4) is 0 Å². The fourth-order valence-corrected chi connectivity index (χ4v) is 2.37. The molecular formula is C13H19NO2S. The molecule has 3 nitrogen and oxygen atoms in total. The molecule has 1 heterocycles. The van der Waals surface area contributed by atoms with Crippen molar-refractivity contribution in [1.82, 2.24) is 5.32 Å². The molecule has 0 spiro atoms. The van der Waals surface area contributed by atoms with Crippen LogP contribution in [0.4, 0.5) is 0 Å². The molecule has 0 aromatic carbocycles. The van der Waals surface area contributed by atoms with E-state index in [-0.39, 0.29) is 11.7 Å². The molecule has 0 unspecified atom stereocenters. The van der Waals surface area contributed by atoms with Crippen LogP contribution in [0.25, 0.3) is 0 Å². The third-order valence-electron chi connectivity index (χ3n) is 2.30. The summed E-state index contributed by atoms with van der Waals surface area (Å²) in [6.45, 7) is 6.26. The van der Waals surface area contributed by atoms with Gasteiger partial charge < -0.3 is 5.32 Å². The summed E-state index contributed by atoms with van der Waals surface area (Å²) in [7, 11) is 0. The van der Waals surface area contributed by atoms with Crippen molar-refractivity contribution in [2.24, 2.45) is 5.92 Å². The molecule has 17 heavy (non-hydrogen) atoms. The molecule has 0 aliphatic rings. The lowest BCUT2D eigenvalue weighted by atomic mass is 10.1. The first-order valence-corrected chi connectivity index (χ1v) is 6.67. The molecule has 0 saturated carbocycles. The monoisotopic (exact) mass is 253 g/mol. The minimum absolute atomic E-state index is 0.100. The third-order valence-corrected chi connectivity index (χ3v) is 3.54. The molecule has 1 aromatic heterocycles. The van der Waals surface area contributed by atoms with E-state index >= 15 is 0 Å². The Hall–Kier alpha value is -1.16. The van der Waals surface area contributed by atoms with E-state index in [4.69, 9.17) is 0 Å². The summed E-state index contributed by atoms with van der Waals surface area (Å²) in [6, 6.07) is 3.80. The highest BCUT2D eigenvalue weighted by atomic mass is 32.1. The number of rotatable bonds is 6. The van der Waals surface area contributed by atoms with Crippen molar-refractivity contribution in [2.75, 3.05) is 6.54 Å². The predicted molar refractivity (Wildman–Crippen MR) is 70.5 cm³/mol. The molecule has 1 amide bonds. The molecule has 1 aromatic rings. The lowest BCUT2D eigenvalue weighted by Crippen LogP contribution is -2.26. The number of hydrogen-bond acceptors (Lipinski definition) is 3. The molecule has 0 aliphatic carbocycles. The lowest BCUT2D eigenvalue weighted by molar-refractivity contribution is -0.121. The van der Waals surface area contributed by atoms with Gasteiger partial charge in [-0.3, -0.25) is 9.59 Å². The van der Waals surface area contributed by atoms with Gasteiger partial charge in [-0.05, 0) is 31.4 Å². The van der Waals surface area contributed by atoms with Crippen molar-refractivity contribution >= 4 is 23.0 Å². The Morgan fingerprint density at radius 3 is 2.59 bits per heavy atom. The summed E-state index contributed by atoms with van der Waals surface area (Å²) in [5.41, 5.74) is 0. The number of carbonyl (C=O) groups is 2. The highest BCUT2D eigenvalue weighted by Crippen LogP contribution is 2.17. The molecule has 0 radical (unpaired) electrons. The van der Waals surface area contributed by atoms with Gasteiger partial charge in [0.25, 0.3) is 0 Å². The summed E-state index contributed by atoms with van der Waals surface area (Å²) < 4.78 is 0. The van der Waals surface area contributed by atoms with E-state index in [0.29, 0.717) is 18.9 Å². The molecule has 94 valence electrons. The van der Waals surface area contributed by atoms with Gasteiger partial charge in [0.05, 0.1) is 4.88 Å². The van der Waals surface area contributed by atoms with Crippen molar-refractivity contribution in [2.45, 2.75) is 33.6 Å². The van der Waals surface area contributed by atoms with Gasteiger partial charge in [-0.2, -0.15) is 0 Å². The first-order chi connectivity index (χ1) is 7.99. The van der Waals surface area contributed by atoms with Gasteiger partial charge in [0, 0.05) is 17.8 Å². The number of Topliss-reactive ketones (excluding diaryl/α,β-unsaturated/α-hetero) is 1. The van der Waals surface area contributed by atoms with Crippen molar-refractivity contribution in [3.63, 3.8) is 0 Å². The van der Waals surface area contributed by atoms with Crippen LogP contribution in [0.2, 0.25) is 0 Å². The predicted octanol–water partition coefficient (Wildman–Crippen LogP) is 2.66. The SMILES string of the molecule is CC(=O)c1ccc(CCNC(=O)CC(C)C)s1. The molecule has 0 saturated heterocycles. The minimum atomic E-state index is 0.100. The summed E-state index contributed by atoms with van der Waals surface area (Å²) in [4.78, 5) is 24.4. The van der Waals surface area contributed by atoms with Gasteiger partial charge in [0.1, 0.15) is 0 Å². The number of thiophene rings is 1. The van der Waals surface area contributed by atoms with Crippen LogP contribution >= 0.6 is 11.3 Å². The van der Waals surface area contributed by atoms with E-state index in [0.717, 1.165) is 16.2 Å². The Balaban J connectivity index is 2.31. The number of hydrogen-bond donors (Lipinski definition) is 1. The van der Waals surface area contributed by atoms with Crippen LogP contribution in [0.5, 0.6) is 0 Å². The zero-order valence-electron chi connectivity index (χ0n) is 10.6. The quantitative estimate of drug-likeness (QED) is 0.792. The second-order valence-corrected chi connectivity index (χ2v) is 5.69. The van der Waals surface area contributed by atoms with Crippen LogP contribution in [0.15, 0.2) is 12.1 Å². The Kier molecular flexibility index (Phi) is 5.35. The van der Waals surface area contributed by atoms with Crippen LogP contribution < -0.4 is 5.32 Å². The van der Waals surface area contributed by atoms with Crippen LogP contribution in [-0.2, 0) is 11.2 Å². The van der Waals surface area contributed by atoms with Crippen molar-refractivity contribution in [1.29, 1.82) is 0 Å². The highest BCUT2D eigenvalue weighted by molar-refractivity contribution is 7.14. The fourth-order valence-electron chi connectivity index (χ4n) is 1.47. The first kappa shape index (κ1) is 13.9. The second kappa shape index (κ2) is 6.55. The number of ketones is 1. The van der Waals surface area contributed by atoms with E-state index in [1.54, 1.807) is 6.92 Å². The van der Waals surface area contributed by atoms with E-state index in [1.807, 2.05) is 26.0 Å². The molecule has 1 N–H and O–H groups in total. The highest BCUT2D eigenvalue weighted by Gasteiger charge is 2.06. The fraction of sp³-hybridized carbons (Fsp3) is 0.538. The maximum absolute atomic E-state index is 11.4. The molecule has 4 heteroatoms. The van der Waals surface area contributed by atoms with Gasteiger partial charge in [0.2, 0.25) is 5.91 Å². The number of amides is 1. The largest absolute Gasteiger partial charge is 0.356 e. The van der Waals surface area contributed by atoms with E-state index in [1.165, 1.54) is 11.3 Å². The topological polar surface area (TPSA) is 46.2 Å². The van der Waals surface area contributed by atoms with Gasteiger partial charge in [0.15, 0.2) is 5.78 Å². The van der Waals surface area contributed by atoms with Gasteiger partial charge in [-0.15, -0.1) is 11.3 Å². The Morgan fingerprint density at radius 2 is 2.06 bits per heavy atom. The summed E-state index contributed by atoms with van der Waals surface area (Å²) in [6.07, 6.45) is 1.37.